The summed E-state index contributed by atoms with van der Waals surface area (Å²) >= 11 is 0. The van der Waals surface area contributed by atoms with E-state index in [4.69, 9.17) is 23.2 Å². The molecule has 3 rings (SSSR count). The number of nitrogens with zero attached hydrogens (tertiary/aromatic N) is 1. The Morgan fingerprint density at radius 3 is 2.70 bits per heavy atom. The number of rotatable bonds is 4. The van der Waals surface area contributed by atoms with Crippen LogP contribution in [0.25, 0.3) is 0 Å². The van der Waals surface area contributed by atoms with Gasteiger partial charge in [-0.3, -0.25) is 9.69 Å². The van der Waals surface area contributed by atoms with E-state index < -0.39 is 66.9 Å². The number of benzene rings is 1. The zero-order valence-electron chi connectivity index (χ0n) is 23.6. The van der Waals surface area contributed by atoms with Crippen molar-refractivity contribution in [1.82, 2.24) is 4.90 Å². The van der Waals surface area contributed by atoms with Crippen molar-refractivity contribution in [3.63, 3.8) is 0 Å². The minimum Gasteiger partial charge on any atom is -0.493 e. The van der Waals surface area contributed by atoms with Gasteiger partial charge in [0.1, 0.15) is 5.78 Å². The molecule has 2 unspecified atom stereocenters. The summed E-state index contributed by atoms with van der Waals surface area (Å²) in [4.78, 5) is 13.5. The molecule has 126 valence electrons. The van der Waals surface area contributed by atoms with Crippen molar-refractivity contribution in [3.05, 3.63) is 23.3 Å². The van der Waals surface area contributed by atoms with Gasteiger partial charge in [0, 0.05) is 43.6 Å². The predicted octanol–water partition coefficient (Wildman–Crippen LogP) is 3.24. The molecule has 2 aliphatic rings. The first kappa shape index (κ1) is 8.02. The minimum absolute atomic E-state index is 0.00618. The highest BCUT2D eigenvalue weighted by molar-refractivity contribution is 5.83. The molecule has 1 aromatic rings. The second-order valence-electron chi connectivity index (χ2n) is 5.82. The molecule has 1 saturated heterocycles. The maximum Gasteiger partial charge on any atom is 0.161 e. The van der Waals surface area contributed by atoms with Crippen molar-refractivity contribution in [2.75, 3.05) is 27.2 Å². The lowest BCUT2D eigenvalue weighted by molar-refractivity contribution is -0.129. The average molecular weight is 327 g/mol. The maximum atomic E-state index is 13.4. The Labute approximate surface area is 152 Å². The Morgan fingerprint density at radius 1 is 1.35 bits per heavy atom. The van der Waals surface area contributed by atoms with Crippen LogP contribution < -0.4 is 9.47 Å². The van der Waals surface area contributed by atoms with E-state index in [2.05, 4.69) is 0 Å². The average Bonchev–Trinajstić information content (AvgIpc) is 2.68. The third-order valence-corrected chi connectivity index (χ3v) is 3.67. The lowest BCUT2D eigenvalue weighted by Gasteiger charge is -2.43. The van der Waals surface area contributed by atoms with Crippen LogP contribution in [0.3, 0.4) is 0 Å². The molecule has 0 saturated carbocycles. The van der Waals surface area contributed by atoms with E-state index in [0.29, 0.717) is 0 Å². The number of aryl methyl sites for hydroxylation is 1. The third kappa shape index (κ3) is 3.09. The Hall–Kier alpha value is -1.55. The Balaban J connectivity index is 2.52. The van der Waals surface area contributed by atoms with Crippen molar-refractivity contribution in [2.45, 2.75) is 39.0 Å². The molecule has 0 aliphatic carbocycles. The number of methoxy groups -OCH3 is 2. The van der Waals surface area contributed by atoms with Gasteiger partial charge >= 0.3 is 0 Å². The molecule has 2 heterocycles. The second kappa shape index (κ2) is 6.52. The molecule has 0 radical (unpaired) electrons. The molecule has 1 aromatic carbocycles. The van der Waals surface area contributed by atoms with Gasteiger partial charge < -0.3 is 9.47 Å². The summed E-state index contributed by atoms with van der Waals surface area (Å²) in [5.74, 6) is -4.78. The Morgan fingerprint density at radius 2 is 2.04 bits per heavy atom. The smallest absolute Gasteiger partial charge is 0.161 e. The molecule has 23 heavy (non-hydrogen) atoms. The monoisotopic (exact) mass is 327 g/mol. The topological polar surface area (TPSA) is 38.8 Å². The number of ether oxygens (including phenoxy) is 2. The van der Waals surface area contributed by atoms with Gasteiger partial charge in [-0.05, 0) is 42.0 Å². The van der Waals surface area contributed by atoms with E-state index in [1.54, 1.807) is 13.8 Å². The van der Waals surface area contributed by atoms with Crippen LogP contribution in [-0.2, 0) is 11.2 Å². The molecular formula is C19H27NO3. The quantitative estimate of drug-likeness (QED) is 0.851. The molecule has 0 spiro atoms. The summed E-state index contributed by atoms with van der Waals surface area (Å²) in [6.07, 6.45) is -6.72. The predicted molar refractivity (Wildman–Crippen MR) is 90.1 cm³/mol. The lowest BCUT2D eigenvalue weighted by atomic mass is 9.80. The van der Waals surface area contributed by atoms with E-state index in [1.807, 2.05) is 0 Å². The fourth-order valence-corrected chi connectivity index (χ4v) is 2.59. The number of Topliss-reactive ketones (excluding diaryl/α,β-unsaturated/α-hetero) is 1. The van der Waals surface area contributed by atoms with Gasteiger partial charge in [0.15, 0.2) is 11.5 Å². The van der Waals surface area contributed by atoms with Gasteiger partial charge in [-0.15, -0.1) is 0 Å². The van der Waals surface area contributed by atoms with Crippen molar-refractivity contribution < 1.29 is 28.0 Å². The molecule has 4 nitrogen and oxygen atoms in total. The number of fused-ring (bicyclic) bond motifs is 3. The summed E-state index contributed by atoms with van der Waals surface area (Å²) < 4.78 is 97.4. The van der Waals surface area contributed by atoms with Crippen LogP contribution in [-0.4, -0.2) is 37.9 Å². The number of carbonyl (C=O) groups excluding carboxylic acids is 1. The van der Waals surface area contributed by atoms with Gasteiger partial charge in [0.2, 0.25) is 0 Å². The molecule has 0 N–H and O–H groups in total. The molecule has 4 heteroatoms. The van der Waals surface area contributed by atoms with Gasteiger partial charge in [-0.2, -0.15) is 0 Å². The SMILES string of the molecule is [2H]C1([2H])C(=O)C([2H])(CC(C)C)C([2H])([2H])N2C([2H])([2H])C([2H])([2H])c3cc(OC)c(OC)cc3C21[2H]. The molecule has 2 atom stereocenters. The zero-order chi connectivity index (χ0) is 25.6. The van der Waals surface area contributed by atoms with Crippen LogP contribution >= 0.6 is 0 Å². The summed E-state index contributed by atoms with van der Waals surface area (Å²) in [5.41, 5.74) is -0.945. The van der Waals surface area contributed by atoms with Gasteiger partial charge in [0.05, 0.1) is 15.6 Å². The van der Waals surface area contributed by atoms with E-state index in [0.717, 1.165) is 12.1 Å². The van der Waals surface area contributed by atoms with Crippen LogP contribution in [0.2, 0.25) is 0 Å². The highest BCUT2D eigenvalue weighted by atomic mass is 16.5. The van der Waals surface area contributed by atoms with Gasteiger partial charge in [-0.1, -0.05) is 13.8 Å². The first-order valence-electron chi connectivity index (χ1n) is 12.4. The van der Waals surface area contributed by atoms with Gasteiger partial charge in [-0.25, -0.2) is 0 Å². The van der Waals surface area contributed by atoms with E-state index in [1.165, 1.54) is 14.2 Å². The van der Waals surface area contributed by atoms with Crippen LogP contribution in [0.4, 0.5) is 0 Å². The highest BCUT2D eigenvalue weighted by Crippen LogP contribution is 2.42. The Bertz CT molecular complexity index is 998. The number of hydrogen-bond donors (Lipinski definition) is 0. The largest absolute Gasteiger partial charge is 0.493 e. The normalized spacial score (nSPS) is 45.9. The minimum atomic E-state index is -3.33. The molecule has 0 aromatic heterocycles. The highest BCUT2D eigenvalue weighted by Gasteiger charge is 2.38. The number of ketones is 1. The molecule has 0 amide bonds. The number of carbonyl (C=O) groups is 1. The van der Waals surface area contributed by atoms with Crippen LogP contribution in [0.5, 0.6) is 11.5 Å². The summed E-state index contributed by atoms with van der Waals surface area (Å²) in [7, 11) is 2.52. The van der Waals surface area contributed by atoms with Crippen molar-refractivity contribution in [1.29, 1.82) is 0 Å². The first-order chi connectivity index (χ1) is 14.8. The van der Waals surface area contributed by atoms with Crippen molar-refractivity contribution in [2.24, 2.45) is 11.8 Å². The third-order valence-electron chi connectivity index (χ3n) is 3.67. The fourth-order valence-electron chi connectivity index (χ4n) is 2.59. The van der Waals surface area contributed by atoms with E-state index in [-0.39, 0.29) is 16.4 Å². The standard InChI is InChI=1S/C19H27NO3/c1-12(2)7-14-11-20-6-5-13-8-18(22-3)19(23-4)9-15(13)16(20)10-17(14)21/h8-9,12,14,16H,5-7,10-11H2,1-4H3/i5D2,6D2,10D2,11D2,14D,16D. The Kier molecular flexibility index (Phi) is 2.27. The van der Waals surface area contributed by atoms with Crippen LogP contribution in [0.15, 0.2) is 12.1 Å². The summed E-state index contributed by atoms with van der Waals surface area (Å²) in [6, 6.07) is -0.909. The number of hydrogen-bond acceptors (Lipinski definition) is 4. The van der Waals surface area contributed by atoms with Crippen molar-refractivity contribution >= 4 is 5.78 Å². The second-order valence-corrected chi connectivity index (χ2v) is 5.82. The molecule has 0 bridgehead atoms. The van der Waals surface area contributed by atoms with Crippen LogP contribution in [0, 0.1) is 11.8 Å². The number of piperidine rings is 1. The first-order valence-corrected chi connectivity index (χ1v) is 7.42. The molecular weight excluding hydrogens is 290 g/mol. The summed E-state index contributed by atoms with van der Waals surface area (Å²) in [6.45, 7) is -3.37. The van der Waals surface area contributed by atoms with Crippen molar-refractivity contribution in [3.8, 4) is 11.5 Å². The summed E-state index contributed by atoms with van der Waals surface area (Å²) in [5, 5.41) is 0. The van der Waals surface area contributed by atoms with Crippen LogP contribution in [0.1, 0.15) is 57.5 Å². The van der Waals surface area contributed by atoms with E-state index in [9.17, 15) is 4.79 Å². The van der Waals surface area contributed by atoms with E-state index >= 15 is 0 Å². The lowest BCUT2D eigenvalue weighted by Crippen LogP contribution is -2.46. The maximum absolute atomic E-state index is 13.4. The molecule has 2 aliphatic heterocycles. The fraction of sp³-hybridized carbons (Fsp3) is 0.632. The molecule has 1 fully saturated rings. The van der Waals surface area contributed by atoms with Gasteiger partial charge in [0.25, 0.3) is 0 Å². The zero-order valence-corrected chi connectivity index (χ0v) is 13.6.